The Morgan fingerprint density at radius 2 is 1.47 bits per heavy atom. The van der Waals surface area contributed by atoms with Gasteiger partial charge in [0.15, 0.2) is 0 Å². The molecule has 1 N–H and O–H groups in total. The van der Waals surface area contributed by atoms with Gasteiger partial charge in [0.1, 0.15) is 5.75 Å². The van der Waals surface area contributed by atoms with Crippen molar-refractivity contribution in [1.29, 1.82) is 0 Å². The van der Waals surface area contributed by atoms with Gasteiger partial charge >= 0.3 is 36.7 Å². The largest absolute Gasteiger partial charge is 0.450 e. The van der Waals surface area contributed by atoms with E-state index in [1.165, 1.54) is 18.6 Å². The highest BCUT2D eigenvalue weighted by Crippen LogP contribution is 2.59. The molecule has 0 aliphatic heterocycles. The summed E-state index contributed by atoms with van der Waals surface area (Å²) in [5, 5.41) is -13.5. The molecule has 4 atom stereocenters. The summed E-state index contributed by atoms with van der Waals surface area (Å²) in [6, 6.07) is 4.81. The van der Waals surface area contributed by atoms with Gasteiger partial charge in [-0.05, 0) is 79.4 Å². The Bertz CT molecular complexity index is 1160. The lowest BCUT2D eigenvalue weighted by atomic mass is 9.50. The molecule has 3 fully saturated rings. The summed E-state index contributed by atoms with van der Waals surface area (Å²) in [6.07, 6.45) is 7.27. The highest BCUT2D eigenvalue weighted by molar-refractivity contribution is 7.88. The van der Waals surface area contributed by atoms with Gasteiger partial charge < -0.3 is 4.18 Å². The standard InChI is InChI=1S/C20H22F6O6S2/c21-18(22,19(23,24)33(27,28)29)20(25,26)34(30,31)32-16-5-3-15(4-6-16)17-8-7-13-2-1-12(10-17)9-14(13)11-17/h3-6,12-14H,1-2,7-11H2,(H,27,28,29). The minimum atomic E-state index is -7.09. The summed E-state index contributed by atoms with van der Waals surface area (Å²) < 4.78 is 139. The van der Waals surface area contributed by atoms with Crippen molar-refractivity contribution in [3.8, 4) is 5.75 Å². The molecule has 192 valence electrons. The third-order valence-corrected chi connectivity index (χ3v) is 9.82. The van der Waals surface area contributed by atoms with Crippen LogP contribution in [0.2, 0.25) is 0 Å². The molecule has 0 heterocycles. The lowest BCUT2D eigenvalue weighted by molar-refractivity contribution is -0.247. The van der Waals surface area contributed by atoms with Gasteiger partial charge in [-0.3, -0.25) is 4.55 Å². The van der Waals surface area contributed by atoms with Crippen LogP contribution in [0.15, 0.2) is 24.3 Å². The molecule has 0 radical (unpaired) electrons. The van der Waals surface area contributed by atoms with E-state index in [1.54, 1.807) is 0 Å². The highest BCUT2D eigenvalue weighted by Gasteiger charge is 2.83. The van der Waals surface area contributed by atoms with Crippen molar-refractivity contribution in [2.45, 2.75) is 66.8 Å². The molecule has 4 unspecified atom stereocenters. The normalized spacial score (nSPS) is 30.3. The van der Waals surface area contributed by atoms with E-state index in [0.29, 0.717) is 17.8 Å². The molecule has 4 rings (SSSR count). The molecule has 1 aromatic rings. The maximum atomic E-state index is 14.0. The molecule has 0 saturated heterocycles. The fourth-order valence-electron chi connectivity index (χ4n) is 5.95. The van der Waals surface area contributed by atoms with Crippen LogP contribution in [-0.4, -0.2) is 37.8 Å². The summed E-state index contributed by atoms with van der Waals surface area (Å²) >= 11 is 0. The Hall–Kier alpha value is -1.54. The van der Waals surface area contributed by atoms with Crippen molar-refractivity contribution in [3.05, 3.63) is 29.8 Å². The van der Waals surface area contributed by atoms with Crippen LogP contribution in [0.3, 0.4) is 0 Å². The lowest BCUT2D eigenvalue weighted by Gasteiger charge is -2.55. The van der Waals surface area contributed by atoms with Crippen LogP contribution in [-0.2, 0) is 25.7 Å². The van der Waals surface area contributed by atoms with Crippen molar-refractivity contribution in [1.82, 2.24) is 0 Å². The molecule has 6 nitrogen and oxygen atoms in total. The first kappa shape index (κ1) is 25.5. The smallest absolute Gasteiger partial charge is 0.378 e. The maximum Gasteiger partial charge on any atom is 0.450 e. The Kier molecular flexibility index (Phi) is 5.81. The monoisotopic (exact) mass is 536 g/mol. The molecule has 14 heteroatoms. The van der Waals surface area contributed by atoms with E-state index in [1.807, 2.05) is 0 Å². The van der Waals surface area contributed by atoms with E-state index in [4.69, 9.17) is 4.55 Å². The van der Waals surface area contributed by atoms with Crippen LogP contribution >= 0.6 is 0 Å². The van der Waals surface area contributed by atoms with Gasteiger partial charge in [-0.15, -0.1) is 0 Å². The second-order valence-electron chi connectivity index (χ2n) is 9.57. The van der Waals surface area contributed by atoms with E-state index in [9.17, 15) is 43.2 Å². The first-order valence-electron chi connectivity index (χ1n) is 10.6. The van der Waals surface area contributed by atoms with E-state index >= 15 is 0 Å². The second-order valence-corrected chi connectivity index (χ2v) is 12.6. The molecule has 3 saturated carbocycles. The van der Waals surface area contributed by atoms with E-state index in [-0.39, 0.29) is 5.41 Å². The predicted octanol–water partition coefficient (Wildman–Crippen LogP) is 4.96. The zero-order valence-electron chi connectivity index (χ0n) is 17.6. The first-order chi connectivity index (χ1) is 15.4. The number of hydrogen-bond donors (Lipinski definition) is 1. The number of fused-ring (bicyclic) bond motifs is 2. The average molecular weight is 537 g/mol. The number of benzene rings is 1. The molecule has 0 spiro atoms. The fourth-order valence-corrected chi connectivity index (χ4v) is 7.38. The molecule has 0 aromatic heterocycles. The van der Waals surface area contributed by atoms with Gasteiger partial charge in [-0.25, -0.2) is 0 Å². The van der Waals surface area contributed by atoms with Gasteiger partial charge in [0.05, 0.1) is 0 Å². The van der Waals surface area contributed by atoms with Crippen molar-refractivity contribution in [3.63, 3.8) is 0 Å². The Labute approximate surface area is 192 Å². The summed E-state index contributed by atoms with van der Waals surface area (Å²) in [6.45, 7) is 0. The topological polar surface area (TPSA) is 97.7 Å². The predicted molar refractivity (Wildman–Crippen MR) is 107 cm³/mol. The lowest BCUT2D eigenvalue weighted by Crippen LogP contribution is -2.61. The summed E-state index contributed by atoms with van der Waals surface area (Å²) in [4.78, 5) is 0. The zero-order valence-corrected chi connectivity index (χ0v) is 19.2. The Morgan fingerprint density at radius 3 is 2.06 bits per heavy atom. The number of alkyl halides is 6. The highest BCUT2D eigenvalue weighted by atomic mass is 32.2. The number of hydrogen-bond acceptors (Lipinski definition) is 5. The molecule has 34 heavy (non-hydrogen) atoms. The summed E-state index contributed by atoms with van der Waals surface area (Å²) in [5.41, 5.74) is 0.651. The van der Waals surface area contributed by atoms with Crippen LogP contribution in [0.4, 0.5) is 26.3 Å². The summed E-state index contributed by atoms with van der Waals surface area (Å²) in [7, 11) is -13.9. The van der Waals surface area contributed by atoms with Crippen LogP contribution in [0.1, 0.15) is 50.5 Å². The summed E-state index contributed by atoms with van der Waals surface area (Å²) in [5.74, 6) is -6.08. The molecule has 3 aliphatic carbocycles. The first-order valence-corrected chi connectivity index (χ1v) is 13.4. The molecule has 0 amide bonds. The van der Waals surface area contributed by atoms with E-state index < -0.39 is 42.4 Å². The zero-order chi connectivity index (χ0) is 25.4. The van der Waals surface area contributed by atoms with Crippen LogP contribution in [0.25, 0.3) is 0 Å². The van der Waals surface area contributed by atoms with Gasteiger partial charge in [-0.2, -0.15) is 43.2 Å². The Morgan fingerprint density at radius 1 is 0.853 bits per heavy atom. The Balaban J connectivity index is 1.57. The van der Waals surface area contributed by atoms with Crippen molar-refractivity contribution in [2.24, 2.45) is 17.8 Å². The average Bonchev–Trinajstić information content (AvgIpc) is 2.71. The SMILES string of the molecule is O=S(=O)(O)C(F)(F)C(F)(F)C(F)(F)S(=O)(=O)Oc1ccc(C23CCC4CCC(CC4C2)C3)cc1. The van der Waals surface area contributed by atoms with Crippen molar-refractivity contribution >= 4 is 20.2 Å². The van der Waals surface area contributed by atoms with Crippen LogP contribution in [0.5, 0.6) is 5.75 Å². The van der Waals surface area contributed by atoms with Crippen LogP contribution in [0, 0.1) is 17.8 Å². The maximum absolute atomic E-state index is 14.0. The molecule has 3 aliphatic rings. The quantitative estimate of drug-likeness (QED) is 0.301. The number of halogens is 6. The minimum Gasteiger partial charge on any atom is -0.378 e. The van der Waals surface area contributed by atoms with Crippen molar-refractivity contribution in [2.75, 3.05) is 0 Å². The van der Waals surface area contributed by atoms with Gasteiger partial charge in [0.25, 0.3) is 0 Å². The second kappa shape index (κ2) is 7.73. The van der Waals surface area contributed by atoms with Gasteiger partial charge in [-0.1, -0.05) is 18.6 Å². The van der Waals surface area contributed by atoms with Gasteiger partial charge in [0, 0.05) is 0 Å². The van der Waals surface area contributed by atoms with Crippen molar-refractivity contribution < 1.29 is 51.9 Å². The third kappa shape index (κ3) is 3.71. The van der Waals surface area contributed by atoms with E-state index in [0.717, 1.165) is 56.2 Å². The molecule has 1 aromatic carbocycles. The molecular weight excluding hydrogens is 514 g/mol. The number of rotatable bonds is 7. The fraction of sp³-hybridized carbons (Fsp3) is 0.700. The minimum absolute atomic E-state index is 0.170. The van der Waals surface area contributed by atoms with Gasteiger partial charge in [0.2, 0.25) is 0 Å². The van der Waals surface area contributed by atoms with Crippen LogP contribution < -0.4 is 4.18 Å². The third-order valence-electron chi connectivity index (χ3n) is 7.62. The molecular formula is C20H22F6O6S2. The van der Waals surface area contributed by atoms with E-state index in [2.05, 4.69) is 4.18 Å². The molecule has 3 bridgehead atoms.